The second-order valence-electron chi connectivity index (χ2n) is 6.88. The lowest BCUT2D eigenvalue weighted by molar-refractivity contribution is -0.141. The number of nitrogens with one attached hydrogen (secondary N) is 2. The first-order valence-corrected chi connectivity index (χ1v) is 8.80. The number of ether oxygens (including phenoxy) is 1. The lowest BCUT2D eigenvalue weighted by atomic mass is 9.87. The van der Waals surface area contributed by atoms with E-state index in [0.717, 1.165) is 18.2 Å². The summed E-state index contributed by atoms with van der Waals surface area (Å²) in [7, 11) is 3.09. The molecule has 0 saturated heterocycles. The molecule has 0 atom stereocenters. The molecule has 1 rings (SSSR count). The fourth-order valence-corrected chi connectivity index (χ4v) is 2.35. The number of aromatic nitrogens is 3. The number of nitrogens with zero attached hydrogens (tertiary/aromatic N) is 4. The Morgan fingerprint density at radius 2 is 2.08 bits per heavy atom. The van der Waals surface area contributed by atoms with Gasteiger partial charge in [0.1, 0.15) is 12.2 Å². The van der Waals surface area contributed by atoms with Crippen LogP contribution >= 0.6 is 24.0 Å². The number of halogens is 1. The largest absolute Gasteiger partial charge is 0.468 e. The van der Waals surface area contributed by atoms with Crippen LogP contribution in [0.5, 0.6) is 0 Å². The monoisotopic (exact) mass is 480 g/mol. The predicted molar refractivity (Wildman–Crippen MR) is 114 cm³/mol. The molecule has 0 aromatic carbocycles. The van der Waals surface area contributed by atoms with E-state index < -0.39 is 0 Å². The van der Waals surface area contributed by atoms with E-state index in [9.17, 15) is 4.79 Å². The Kier molecular flexibility index (Phi) is 12.2. The zero-order chi connectivity index (χ0) is 18.7. The van der Waals surface area contributed by atoms with Crippen LogP contribution in [0.25, 0.3) is 0 Å². The summed E-state index contributed by atoms with van der Waals surface area (Å²) in [6, 6.07) is 0. The highest BCUT2D eigenvalue weighted by Crippen LogP contribution is 2.22. The van der Waals surface area contributed by atoms with Crippen LogP contribution in [0.3, 0.4) is 0 Å². The maximum Gasteiger partial charge on any atom is 0.327 e. The summed E-state index contributed by atoms with van der Waals surface area (Å²) in [6.07, 6.45) is 6.67. The first-order valence-electron chi connectivity index (χ1n) is 8.80. The second-order valence-corrected chi connectivity index (χ2v) is 6.88. The van der Waals surface area contributed by atoms with Gasteiger partial charge < -0.3 is 15.4 Å². The Hall–Kier alpha value is -1.39. The van der Waals surface area contributed by atoms with Gasteiger partial charge in [-0.3, -0.25) is 9.79 Å². The molecule has 0 fully saturated rings. The van der Waals surface area contributed by atoms with Gasteiger partial charge in [0.05, 0.1) is 19.9 Å². The number of esters is 1. The summed E-state index contributed by atoms with van der Waals surface area (Å²) in [5, 5.41) is 14.5. The number of unbranched alkanes of at least 4 members (excludes halogenated alkanes) is 2. The van der Waals surface area contributed by atoms with Crippen molar-refractivity contribution < 1.29 is 9.53 Å². The van der Waals surface area contributed by atoms with Crippen LogP contribution < -0.4 is 10.6 Å². The maximum atomic E-state index is 11.2. The number of aliphatic imine (C=N–C) groups is 1. The molecule has 0 radical (unpaired) electrons. The van der Waals surface area contributed by atoms with Crippen molar-refractivity contribution >= 4 is 35.9 Å². The third-order valence-electron chi connectivity index (χ3n) is 3.96. The normalized spacial score (nSPS) is 11.7. The predicted octanol–water partition coefficient (Wildman–Crippen LogP) is 2.34. The minimum absolute atomic E-state index is 0. The van der Waals surface area contributed by atoms with E-state index in [1.54, 1.807) is 13.2 Å². The molecule has 0 bridgehead atoms. The molecule has 1 aromatic rings. The number of methoxy groups -OCH3 is 1. The van der Waals surface area contributed by atoms with Gasteiger partial charge in [0, 0.05) is 13.6 Å². The van der Waals surface area contributed by atoms with E-state index in [0.29, 0.717) is 6.54 Å². The molecule has 9 heteroatoms. The summed E-state index contributed by atoms with van der Waals surface area (Å²) in [4.78, 5) is 15.5. The first kappa shape index (κ1) is 24.6. The molecule has 150 valence electrons. The Bertz CT molecular complexity index is 559. The number of hydrogen-bond acceptors (Lipinski definition) is 5. The number of carbonyl (C=O) groups is 1. The van der Waals surface area contributed by atoms with Gasteiger partial charge in [-0.2, -0.15) is 0 Å². The van der Waals surface area contributed by atoms with Crippen LogP contribution in [0.1, 0.15) is 52.1 Å². The van der Waals surface area contributed by atoms with Gasteiger partial charge in [-0.25, -0.2) is 4.68 Å². The zero-order valence-corrected chi connectivity index (χ0v) is 18.9. The van der Waals surface area contributed by atoms with Crippen molar-refractivity contribution in [3.05, 3.63) is 11.9 Å². The molecular weight excluding hydrogens is 447 g/mol. The summed E-state index contributed by atoms with van der Waals surface area (Å²) in [5.74, 6) is 0.373. The van der Waals surface area contributed by atoms with Crippen LogP contribution in [0.15, 0.2) is 11.2 Å². The number of guanidine groups is 1. The van der Waals surface area contributed by atoms with E-state index in [2.05, 4.69) is 51.4 Å². The summed E-state index contributed by atoms with van der Waals surface area (Å²) in [6.45, 7) is 8.14. The van der Waals surface area contributed by atoms with Gasteiger partial charge in [-0.05, 0) is 11.8 Å². The molecule has 1 aromatic heterocycles. The van der Waals surface area contributed by atoms with Crippen molar-refractivity contribution in [2.24, 2.45) is 10.4 Å². The van der Waals surface area contributed by atoms with Crippen LogP contribution in [0, 0.1) is 5.41 Å². The number of carbonyl (C=O) groups excluding carboxylic acids is 1. The van der Waals surface area contributed by atoms with Gasteiger partial charge in [-0.15, -0.1) is 29.1 Å². The van der Waals surface area contributed by atoms with E-state index in [4.69, 9.17) is 0 Å². The number of hydrogen-bond donors (Lipinski definition) is 2. The van der Waals surface area contributed by atoms with E-state index in [1.807, 2.05) is 0 Å². The molecule has 26 heavy (non-hydrogen) atoms. The van der Waals surface area contributed by atoms with Crippen LogP contribution in [0.4, 0.5) is 0 Å². The summed E-state index contributed by atoms with van der Waals surface area (Å²) < 4.78 is 6.06. The van der Waals surface area contributed by atoms with Crippen LogP contribution in [-0.4, -0.2) is 47.6 Å². The lowest BCUT2D eigenvalue weighted by Gasteiger charge is -2.26. The Balaban J connectivity index is 0.00000625. The number of rotatable bonds is 10. The topological polar surface area (TPSA) is 93.4 Å². The standard InChI is InChI=1S/C17H32N6O2.HI/c1-6-7-8-9-17(2,3)13-20-16(18-4)19-10-14-11-23(22-21-14)12-15(24)25-5;/h11H,6-10,12-13H2,1-5H3,(H2,18,19,20);1H. The van der Waals surface area contributed by atoms with Crippen molar-refractivity contribution in [3.8, 4) is 0 Å². The third kappa shape index (κ3) is 9.93. The fraction of sp³-hybridized carbons (Fsp3) is 0.765. The van der Waals surface area contributed by atoms with Crippen molar-refractivity contribution in [2.45, 2.75) is 59.5 Å². The Labute approximate surface area is 173 Å². The minimum atomic E-state index is -0.354. The summed E-state index contributed by atoms with van der Waals surface area (Å²) >= 11 is 0. The molecule has 0 saturated carbocycles. The molecule has 0 aliphatic heterocycles. The van der Waals surface area contributed by atoms with Crippen molar-refractivity contribution in [3.63, 3.8) is 0 Å². The van der Waals surface area contributed by atoms with Crippen molar-refractivity contribution in [1.82, 2.24) is 25.6 Å². The first-order chi connectivity index (χ1) is 11.9. The molecule has 1 heterocycles. The van der Waals surface area contributed by atoms with E-state index in [-0.39, 0.29) is 41.9 Å². The summed E-state index contributed by atoms with van der Waals surface area (Å²) in [5.41, 5.74) is 0.949. The van der Waals surface area contributed by atoms with Crippen molar-refractivity contribution in [1.29, 1.82) is 0 Å². The van der Waals surface area contributed by atoms with E-state index >= 15 is 0 Å². The highest BCUT2D eigenvalue weighted by atomic mass is 127. The SMILES string of the molecule is CCCCCC(C)(C)CNC(=NC)NCc1cn(CC(=O)OC)nn1.I. The average Bonchev–Trinajstić information content (AvgIpc) is 3.02. The molecule has 0 amide bonds. The molecule has 0 unspecified atom stereocenters. The fourth-order valence-electron chi connectivity index (χ4n) is 2.35. The average molecular weight is 480 g/mol. The van der Waals surface area contributed by atoms with Gasteiger partial charge in [0.15, 0.2) is 5.96 Å². The van der Waals surface area contributed by atoms with Gasteiger partial charge in [0.25, 0.3) is 0 Å². The smallest absolute Gasteiger partial charge is 0.327 e. The third-order valence-corrected chi connectivity index (χ3v) is 3.96. The van der Waals surface area contributed by atoms with Gasteiger partial charge in [-0.1, -0.05) is 45.2 Å². The lowest BCUT2D eigenvalue weighted by Crippen LogP contribution is -2.41. The van der Waals surface area contributed by atoms with Crippen LogP contribution in [-0.2, 0) is 22.6 Å². The van der Waals surface area contributed by atoms with Gasteiger partial charge in [0.2, 0.25) is 0 Å². The molecule has 0 aliphatic carbocycles. The quantitative estimate of drug-likeness (QED) is 0.176. The molecule has 0 spiro atoms. The van der Waals surface area contributed by atoms with Gasteiger partial charge >= 0.3 is 5.97 Å². The second kappa shape index (κ2) is 12.9. The van der Waals surface area contributed by atoms with Crippen molar-refractivity contribution in [2.75, 3.05) is 20.7 Å². The van der Waals surface area contributed by atoms with Crippen LogP contribution in [0.2, 0.25) is 0 Å². The highest BCUT2D eigenvalue weighted by Gasteiger charge is 2.17. The molecule has 8 nitrogen and oxygen atoms in total. The Morgan fingerprint density at radius 3 is 2.69 bits per heavy atom. The zero-order valence-electron chi connectivity index (χ0n) is 16.5. The maximum absolute atomic E-state index is 11.2. The highest BCUT2D eigenvalue weighted by molar-refractivity contribution is 14.0. The molecule has 2 N–H and O–H groups in total. The van der Waals surface area contributed by atoms with E-state index in [1.165, 1.54) is 37.5 Å². The Morgan fingerprint density at radius 1 is 1.35 bits per heavy atom. The minimum Gasteiger partial charge on any atom is -0.468 e. The molecule has 0 aliphatic rings. The molecular formula is C17H33IN6O2.